The Bertz CT molecular complexity index is 1870. The molecule has 0 aliphatic carbocycles. The molecule has 18 heteroatoms. The van der Waals surface area contributed by atoms with Crippen LogP contribution in [0.15, 0.2) is 53.1 Å². The fraction of sp³-hybridized carbons (Fsp3) is 0.469. The van der Waals surface area contributed by atoms with Crippen molar-refractivity contribution in [3.05, 3.63) is 58.9 Å². The van der Waals surface area contributed by atoms with E-state index < -0.39 is 50.9 Å². The van der Waals surface area contributed by atoms with Crippen molar-refractivity contribution in [2.45, 2.75) is 83.5 Å². The van der Waals surface area contributed by atoms with Crippen molar-refractivity contribution in [2.75, 3.05) is 17.9 Å². The first-order valence-electron chi connectivity index (χ1n) is 15.7. The van der Waals surface area contributed by atoms with E-state index in [0.717, 1.165) is 62.7 Å². The van der Waals surface area contributed by atoms with Crippen LogP contribution in [0.4, 0.5) is 28.2 Å². The normalized spacial score (nSPS) is 12.5. The average molecular weight is 742 g/mol. The minimum absolute atomic E-state index is 0.0799. The molecule has 4 heterocycles. The highest BCUT2D eigenvalue weighted by atomic mass is 32.2. The molecule has 0 saturated carbocycles. The van der Waals surface area contributed by atoms with Gasteiger partial charge < -0.3 is 14.8 Å². The zero-order valence-corrected chi connectivity index (χ0v) is 29.8. The Morgan fingerprint density at radius 3 is 2.44 bits per heavy atom. The van der Waals surface area contributed by atoms with Crippen LogP contribution in [-0.4, -0.2) is 64.2 Å². The number of anilines is 1. The SMILES string of the molecule is CC(C)(C)OC(=O)NCCCCCCc1sccc1-c1nc(NS(=O)(=O)c2cccc(F)n2)cnc1-n1ccc(OCC(C)(C)C(F)(F)F)n1. The van der Waals surface area contributed by atoms with Crippen molar-refractivity contribution in [3.63, 3.8) is 0 Å². The van der Waals surface area contributed by atoms with Gasteiger partial charge in [-0.3, -0.25) is 4.72 Å². The quantitative estimate of drug-likeness (QED) is 0.0726. The summed E-state index contributed by atoms with van der Waals surface area (Å²) < 4.78 is 94.0. The first kappa shape index (κ1) is 38.5. The molecule has 0 saturated heterocycles. The molecule has 1 amide bonds. The number of ether oxygens (including phenoxy) is 2. The number of hydrogen-bond donors (Lipinski definition) is 2. The molecule has 4 aromatic heterocycles. The van der Waals surface area contributed by atoms with Crippen LogP contribution in [0.3, 0.4) is 0 Å². The third-order valence-electron chi connectivity index (χ3n) is 7.09. The topological polar surface area (TPSA) is 150 Å². The van der Waals surface area contributed by atoms with Crippen LogP contribution in [0.25, 0.3) is 17.1 Å². The van der Waals surface area contributed by atoms with E-state index in [1.165, 1.54) is 34.3 Å². The molecule has 0 aliphatic rings. The number of alkyl carbamates (subject to hydrolysis) is 1. The molecule has 0 radical (unpaired) electrons. The Kier molecular flexibility index (Phi) is 12.1. The summed E-state index contributed by atoms with van der Waals surface area (Å²) in [4.78, 5) is 25.2. The van der Waals surface area contributed by atoms with Crippen molar-refractivity contribution in [1.82, 2.24) is 30.0 Å². The number of sulfonamides is 1. The Morgan fingerprint density at radius 2 is 1.74 bits per heavy atom. The summed E-state index contributed by atoms with van der Waals surface area (Å²) in [6, 6.07) is 6.54. The zero-order valence-electron chi connectivity index (χ0n) is 28.2. The Morgan fingerprint density at radius 1 is 1.00 bits per heavy atom. The van der Waals surface area contributed by atoms with Gasteiger partial charge in [-0.25, -0.2) is 24.4 Å². The van der Waals surface area contributed by atoms with Gasteiger partial charge in [-0.15, -0.1) is 16.4 Å². The minimum atomic E-state index is -4.50. The van der Waals surface area contributed by atoms with E-state index in [2.05, 4.69) is 30.1 Å². The number of unbranched alkanes of at least 4 members (excludes halogenated alkanes) is 3. The monoisotopic (exact) mass is 741 g/mol. The van der Waals surface area contributed by atoms with E-state index in [9.17, 15) is 30.8 Å². The van der Waals surface area contributed by atoms with E-state index >= 15 is 0 Å². The number of alkyl halides is 3. The van der Waals surface area contributed by atoms with Crippen LogP contribution in [0.5, 0.6) is 5.88 Å². The summed E-state index contributed by atoms with van der Waals surface area (Å²) in [5.74, 6) is -1.08. The third kappa shape index (κ3) is 10.6. The number of nitrogens with zero attached hydrogens (tertiary/aromatic N) is 5. The first-order chi connectivity index (χ1) is 23.3. The fourth-order valence-electron chi connectivity index (χ4n) is 4.36. The number of aromatic nitrogens is 5. The fourth-order valence-corrected chi connectivity index (χ4v) is 6.23. The lowest BCUT2D eigenvalue weighted by molar-refractivity contribution is -0.219. The second-order valence-corrected chi connectivity index (χ2v) is 15.6. The van der Waals surface area contributed by atoms with Gasteiger partial charge in [-0.2, -0.15) is 26.0 Å². The van der Waals surface area contributed by atoms with Gasteiger partial charge in [0.2, 0.25) is 11.8 Å². The predicted molar refractivity (Wildman–Crippen MR) is 179 cm³/mol. The highest BCUT2D eigenvalue weighted by Crippen LogP contribution is 2.38. The molecule has 0 aliphatic heterocycles. The van der Waals surface area contributed by atoms with Crippen molar-refractivity contribution >= 4 is 33.3 Å². The van der Waals surface area contributed by atoms with Crippen LogP contribution >= 0.6 is 11.3 Å². The number of halogens is 4. The summed E-state index contributed by atoms with van der Waals surface area (Å²) in [5, 5.41) is 8.30. The van der Waals surface area contributed by atoms with E-state index in [-0.39, 0.29) is 23.2 Å². The first-order valence-corrected chi connectivity index (χ1v) is 18.0. The molecule has 0 spiro atoms. The van der Waals surface area contributed by atoms with Crippen molar-refractivity contribution in [3.8, 4) is 23.0 Å². The van der Waals surface area contributed by atoms with Gasteiger partial charge in [0.15, 0.2) is 16.7 Å². The molecule has 2 N–H and O–H groups in total. The van der Waals surface area contributed by atoms with Gasteiger partial charge in [0.25, 0.3) is 10.0 Å². The van der Waals surface area contributed by atoms with E-state index in [4.69, 9.17) is 9.47 Å². The summed E-state index contributed by atoms with van der Waals surface area (Å²) in [6.07, 6.45) is 1.56. The maximum atomic E-state index is 13.7. The Labute approximate surface area is 291 Å². The number of nitrogens with one attached hydrogen (secondary N) is 2. The lowest BCUT2D eigenvalue weighted by Crippen LogP contribution is -2.37. The number of pyridine rings is 1. The summed E-state index contributed by atoms with van der Waals surface area (Å²) >= 11 is 1.47. The smallest absolute Gasteiger partial charge is 0.407 e. The number of rotatable bonds is 15. The molecule has 4 rings (SSSR count). The van der Waals surface area contributed by atoms with Gasteiger partial charge in [-0.05, 0) is 77.5 Å². The average Bonchev–Trinajstić information content (AvgIpc) is 3.68. The van der Waals surface area contributed by atoms with Crippen LogP contribution in [0.2, 0.25) is 0 Å². The Balaban J connectivity index is 1.54. The summed E-state index contributed by atoms with van der Waals surface area (Å²) in [7, 11) is -4.35. The van der Waals surface area contributed by atoms with Crippen molar-refractivity contribution in [2.24, 2.45) is 5.41 Å². The van der Waals surface area contributed by atoms with Gasteiger partial charge in [0, 0.05) is 29.2 Å². The highest BCUT2D eigenvalue weighted by molar-refractivity contribution is 7.92. The molecule has 12 nitrogen and oxygen atoms in total. The van der Waals surface area contributed by atoms with Crippen LogP contribution in [0.1, 0.15) is 65.2 Å². The molecular weight excluding hydrogens is 703 g/mol. The number of aryl methyl sites for hydroxylation is 1. The maximum Gasteiger partial charge on any atom is 0.407 e. The van der Waals surface area contributed by atoms with E-state index in [1.807, 2.05) is 5.38 Å². The molecule has 0 fully saturated rings. The number of hydrogen-bond acceptors (Lipinski definition) is 10. The van der Waals surface area contributed by atoms with Gasteiger partial charge >= 0.3 is 12.3 Å². The largest absolute Gasteiger partial charge is 0.476 e. The van der Waals surface area contributed by atoms with Gasteiger partial charge in [-0.1, -0.05) is 18.9 Å². The summed E-state index contributed by atoms with van der Waals surface area (Å²) in [5.41, 5.74) is -1.82. The van der Waals surface area contributed by atoms with Crippen LogP contribution < -0.4 is 14.8 Å². The second kappa shape index (κ2) is 15.7. The van der Waals surface area contributed by atoms with Gasteiger partial charge in [0.1, 0.15) is 17.9 Å². The second-order valence-electron chi connectivity index (χ2n) is 13.0. The molecule has 272 valence electrons. The molecular formula is C32H39F4N7O5S2. The van der Waals surface area contributed by atoms with Crippen molar-refractivity contribution in [1.29, 1.82) is 0 Å². The van der Waals surface area contributed by atoms with Crippen molar-refractivity contribution < 1.29 is 40.2 Å². The van der Waals surface area contributed by atoms with Crippen LogP contribution in [-0.2, 0) is 21.2 Å². The molecule has 0 bridgehead atoms. The lowest BCUT2D eigenvalue weighted by atomic mass is 9.94. The number of thiophene rings is 1. The van der Waals surface area contributed by atoms with E-state index in [0.29, 0.717) is 18.5 Å². The molecule has 50 heavy (non-hydrogen) atoms. The molecule has 4 aromatic rings. The predicted octanol–water partition coefficient (Wildman–Crippen LogP) is 7.32. The molecule has 0 aromatic carbocycles. The maximum absolute atomic E-state index is 13.7. The van der Waals surface area contributed by atoms with Crippen LogP contribution in [0, 0.1) is 11.4 Å². The highest BCUT2D eigenvalue weighted by Gasteiger charge is 2.48. The Hall–Kier alpha value is -4.32. The zero-order chi connectivity index (χ0) is 36.7. The van der Waals surface area contributed by atoms with Gasteiger partial charge in [0.05, 0.1) is 11.6 Å². The number of carbonyl (C=O) groups excluding carboxylic acids is 1. The summed E-state index contributed by atoms with van der Waals surface area (Å²) in [6.45, 7) is 7.23. The minimum Gasteiger partial charge on any atom is -0.476 e. The lowest BCUT2D eigenvalue weighted by Gasteiger charge is -2.26. The third-order valence-corrected chi connectivity index (χ3v) is 9.32. The number of amides is 1. The number of carbonyl (C=O) groups is 1. The molecule has 0 atom stereocenters. The standard InChI is InChI=1S/C32H39F4N7O5S2/c1-30(2,3)48-29(44)37-16-9-7-6-8-11-22-21(15-18-49-22)27-28(43-17-14-25(41-43)47-20-31(4,5)32(34,35)36)38-19-24(40-27)42-50(45,46)26-13-10-12-23(33)39-26/h10,12-15,17-19H,6-9,11,16,20H2,1-5H3,(H,37,44)(H,40,42). The molecule has 0 unspecified atom stereocenters. The van der Waals surface area contributed by atoms with E-state index in [1.54, 1.807) is 26.8 Å².